The van der Waals surface area contributed by atoms with Gasteiger partial charge in [-0.3, -0.25) is 9.80 Å². The van der Waals surface area contributed by atoms with E-state index in [2.05, 4.69) is 29.0 Å². The van der Waals surface area contributed by atoms with Crippen molar-refractivity contribution < 1.29 is 4.74 Å². The summed E-state index contributed by atoms with van der Waals surface area (Å²) in [7, 11) is 0. The van der Waals surface area contributed by atoms with Gasteiger partial charge in [-0.25, -0.2) is 0 Å². The summed E-state index contributed by atoms with van der Waals surface area (Å²) < 4.78 is 6.13. The fraction of sp³-hybridized carbons (Fsp3) is 1.00. The molecule has 3 aliphatic rings. The Morgan fingerprint density at radius 2 is 2.20 bits per heavy atom. The van der Waals surface area contributed by atoms with Gasteiger partial charge >= 0.3 is 0 Å². The monoisotopic (exact) mass is 281 g/mol. The summed E-state index contributed by atoms with van der Waals surface area (Å²) >= 11 is 0. The Balaban J connectivity index is 1.50. The second-order valence-corrected chi connectivity index (χ2v) is 6.94. The van der Waals surface area contributed by atoms with E-state index in [1.165, 1.54) is 38.8 Å². The third-order valence-corrected chi connectivity index (χ3v) is 5.32. The number of hydrogen-bond acceptors (Lipinski definition) is 4. The van der Waals surface area contributed by atoms with Gasteiger partial charge in [0.05, 0.1) is 12.7 Å². The molecule has 3 heterocycles. The van der Waals surface area contributed by atoms with Crippen LogP contribution in [-0.4, -0.2) is 73.4 Å². The summed E-state index contributed by atoms with van der Waals surface area (Å²) in [6.45, 7) is 11.5. The van der Waals surface area contributed by atoms with Gasteiger partial charge in [-0.05, 0) is 32.7 Å². The minimum atomic E-state index is 0.423. The van der Waals surface area contributed by atoms with Crippen molar-refractivity contribution >= 4 is 0 Å². The molecule has 3 saturated heterocycles. The van der Waals surface area contributed by atoms with E-state index in [1.54, 1.807) is 0 Å². The molecule has 1 N–H and O–H groups in total. The van der Waals surface area contributed by atoms with E-state index < -0.39 is 0 Å². The Kier molecular flexibility index (Phi) is 4.97. The fourth-order valence-electron chi connectivity index (χ4n) is 4.05. The summed E-state index contributed by atoms with van der Waals surface area (Å²) in [5, 5.41) is 3.68. The van der Waals surface area contributed by atoms with Crippen molar-refractivity contribution in [3.8, 4) is 0 Å². The number of nitrogens with one attached hydrogen (secondary N) is 1. The van der Waals surface area contributed by atoms with E-state index >= 15 is 0 Å². The van der Waals surface area contributed by atoms with Crippen LogP contribution < -0.4 is 5.32 Å². The Hall–Kier alpha value is -0.160. The van der Waals surface area contributed by atoms with E-state index in [9.17, 15) is 0 Å². The second-order valence-electron chi connectivity index (χ2n) is 6.94. The molecular weight excluding hydrogens is 250 g/mol. The van der Waals surface area contributed by atoms with Crippen molar-refractivity contribution in [1.29, 1.82) is 0 Å². The van der Waals surface area contributed by atoms with Crippen molar-refractivity contribution in [3.63, 3.8) is 0 Å². The van der Waals surface area contributed by atoms with E-state index in [4.69, 9.17) is 4.74 Å². The predicted molar refractivity (Wildman–Crippen MR) is 82.1 cm³/mol. The maximum Gasteiger partial charge on any atom is 0.0829 e. The zero-order chi connectivity index (χ0) is 13.9. The number of fused-ring (bicyclic) bond motifs is 1. The fourth-order valence-corrected chi connectivity index (χ4v) is 4.05. The van der Waals surface area contributed by atoms with Gasteiger partial charge in [0.15, 0.2) is 0 Å². The molecule has 3 rings (SSSR count). The van der Waals surface area contributed by atoms with Crippen molar-refractivity contribution in [2.75, 3.05) is 39.3 Å². The first-order valence-corrected chi connectivity index (χ1v) is 8.59. The first kappa shape index (κ1) is 14.8. The summed E-state index contributed by atoms with van der Waals surface area (Å²) in [4.78, 5) is 5.31. The van der Waals surface area contributed by atoms with Gasteiger partial charge in [-0.1, -0.05) is 13.3 Å². The molecule has 3 fully saturated rings. The van der Waals surface area contributed by atoms with Crippen LogP contribution in [0.25, 0.3) is 0 Å². The predicted octanol–water partition coefficient (Wildman–Crippen LogP) is 1.31. The topological polar surface area (TPSA) is 27.7 Å². The molecule has 3 aliphatic heterocycles. The second kappa shape index (κ2) is 6.73. The van der Waals surface area contributed by atoms with Crippen LogP contribution in [0.2, 0.25) is 0 Å². The number of nitrogens with zero attached hydrogens (tertiary/aromatic N) is 2. The highest BCUT2D eigenvalue weighted by molar-refractivity contribution is 4.89. The minimum Gasteiger partial charge on any atom is -0.374 e. The zero-order valence-corrected chi connectivity index (χ0v) is 13.2. The lowest BCUT2D eigenvalue weighted by atomic mass is 10.0. The van der Waals surface area contributed by atoms with Gasteiger partial charge < -0.3 is 10.1 Å². The van der Waals surface area contributed by atoms with Crippen LogP contribution in [0.15, 0.2) is 0 Å². The molecule has 0 radical (unpaired) electrons. The first-order valence-electron chi connectivity index (χ1n) is 8.59. The normalized spacial score (nSPS) is 39.9. The van der Waals surface area contributed by atoms with Crippen LogP contribution in [0.1, 0.15) is 39.5 Å². The zero-order valence-electron chi connectivity index (χ0n) is 13.2. The molecule has 0 aromatic heterocycles. The Morgan fingerprint density at radius 1 is 1.30 bits per heavy atom. The van der Waals surface area contributed by atoms with Crippen molar-refractivity contribution in [2.45, 2.75) is 63.8 Å². The van der Waals surface area contributed by atoms with Gasteiger partial charge in [0.2, 0.25) is 0 Å². The molecule has 0 aromatic carbocycles. The average Bonchev–Trinajstić information content (AvgIpc) is 2.90. The molecule has 0 amide bonds. The largest absolute Gasteiger partial charge is 0.374 e. The first-order chi connectivity index (χ1) is 9.76. The highest BCUT2D eigenvalue weighted by Crippen LogP contribution is 2.23. The van der Waals surface area contributed by atoms with E-state index in [0.717, 1.165) is 32.3 Å². The lowest BCUT2D eigenvalue weighted by Crippen LogP contribution is -2.59. The highest BCUT2D eigenvalue weighted by Gasteiger charge is 2.34. The smallest absolute Gasteiger partial charge is 0.0829 e. The molecule has 4 unspecified atom stereocenters. The van der Waals surface area contributed by atoms with Crippen LogP contribution in [0.4, 0.5) is 0 Å². The summed E-state index contributed by atoms with van der Waals surface area (Å²) in [5.74, 6) is 0. The van der Waals surface area contributed by atoms with E-state index in [0.29, 0.717) is 18.2 Å². The molecular formula is C16H31N3O. The number of hydrogen-bond donors (Lipinski definition) is 1. The third-order valence-electron chi connectivity index (χ3n) is 5.32. The molecule has 0 saturated carbocycles. The Morgan fingerprint density at radius 3 is 3.05 bits per heavy atom. The van der Waals surface area contributed by atoms with Crippen LogP contribution in [0, 0.1) is 0 Å². The Bertz CT molecular complexity index is 312. The molecule has 0 aliphatic carbocycles. The summed E-state index contributed by atoms with van der Waals surface area (Å²) in [6, 6.07) is 2.04. The van der Waals surface area contributed by atoms with Gasteiger partial charge in [-0.2, -0.15) is 0 Å². The minimum absolute atomic E-state index is 0.423. The van der Waals surface area contributed by atoms with Crippen LogP contribution in [0.5, 0.6) is 0 Å². The number of morpholine rings is 1. The van der Waals surface area contributed by atoms with Gasteiger partial charge in [-0.15, -0.1) is 0 Å². The van der Waals surface area contributed by atoms with E-state index in [-0.39, 0.29) is 0 Å². The summed E-state index contributed by atoms with van der Waals surface area (Å²) in [6.07, 6.45) is 5.70. The standard InChI is InChI=1S/C16H31N3O/c1-3-5-14-9-19(13(2)8-17-14)11-16-10-18-7-4-6-15(18)12-20-16/h13-17H,3-12H2,1-2H3. The quantitative estimate of drug-likeness (QED) is 0.841. The van der Waals surface area contributed by atoms with Gasteiger partial charge in [0.25, 0.3) is 0 Å². The molecule has 4 heteroatoms. The molecule has 20 heavy (non-hydrogen) atoms. The molecule has 4 atom stereocenters. The van der Waals surface area contributed by atoms with Crippen LogP contribution in [-0.2, 0) is 4.74 Å². The SMILES string of the molecule is CCCC1CN(CC2CN3CCCC3CO2)C(C)CN1. The van der Waals surface area contributed by atoms with E-state index in [1.807, 2.05) is 0 Å². The molecule has 0 spiro atoms. The maximum atomic E-state index is 6.13. The third kappa shape index (κ3) is 3.35. The number of ether oxygens (including phenoxy) is 1. The maximum absolute atomic E-state index is 6.13. The van der Waals surface area contributed by atoms with Crippen molar-refractivity contribution in [3.05, 3.63) is 0 Å². The molecule has 0 bridgehead atoms. The Labute approximate surface area is 123 Å². The lowest BCUT2D eigenvalue weighted by Gasteiger charge is -2.43. The van der Waals surface area contributed by atoms with Crippen LogP contribution >= 0.6 is 0 Å². The lowest BCUT2D eigenvalue weighted by molar-refractivity contribution is -0.0683. The highest BCUT2D eigenvalue weighted by atomic mass is 16.5. The van der Waals surface area contributed by atoms with Crippen molar-refractivity contribution in [2.24, 2.45) is 0 Å². The summed E-state index contributed by atoms with van der Waals surface area (Å²) in [5.41, 5.74) is 0. The molecule has 116 valence electrons. The molecule has 4 nitrogen and oxygen atoms in total. The number of piperazine rings is 1. The molecule has 0 aromatic rings. The van der Waals surface area contributed by atoms with Crippen molar-refractivity contribution in [1.82, 2.24) is 15.1 Å². The van der Waals surface area contributed by atoms with Crippen LogP contribution in [0.3, 0.4) is 0 Å². The van der Waals surface area contributed by atoms with Gasteiger partial charge in [0, 0.05) is 44.3 Å². The average molecular weight is 281 g/mol. The number of rotatable bonds is 4. The van der Waals surface area contributed by atoms with Gasteiger partial charge in [0.1, 0.15) is 0 Å².